The molecule has 100 valence electrons. The molecule has 0 aromatic heterocycles. The van der Waals surface area contributed by atoms with Crippen LogP contribution in [0.4, 0.5) is 8.78 Å². The Kier molecular flexibility index (Phi) is 5.18. The van der Waals surface area contributed by atoms with E-state index < -0.39 is 24.6 Å². The lowest BCUT2D eigenvalue weighted by Crippen LogP contribution is -2.29. The van der Waals surface area contributed by atoms with Gasteiger partial charge in [0.05, 0.1) is 6.61 Å². The molecule has 2 N–H and O–H groups in total. The second-order valence-corrected chi connectivity index (χ2v) is 3.61. The first-order valence-corrected chi connectivity index (χ1v) is 5.38. The van der Waals surface area contributed by atoms with Crippen LogP contribution in [0.3, 0.4) is 0 Å². The quantitative estimate of drug-likeness (QED) is 0.789. The molecule has 0 saturated heterocycles. The third kappa shape index (κ3) is 3.48. The standard InChI is InChI=1S/C12H14F2O4/c1-2-18-12(17)10(16)9(15)7-4-3-5-8(6-7)11(13)14/h3-6,9-11,15-16H,2H2,1H3. The van der Waals surface area contributed by atoms with E-state index in [2.05, 4.69) is 4.74 Å². The first kappa shape index (κ1) is 14.5. The van der Waals surface area contributed by atoms with Gasteiger partial charge in [-0.2, -0.15) is 0 Å². The molecule has 0 spiro atoms. The highest BCUT2D eigenvalue weighted by Crippen LogP contribution is 2.24. The number of benzene rings is 1. The van der Waals surface area contributed by atoms with Gasteiger partial charge in [-0.05, 0) is 18.6 Å². The molecule has 4 nitrogen and oxygen atoms in total. The Morgan fingerprint density at radius 3 is 2.50 bits per heavy atom. The molecule has 0 aliphatic rings. The van der Waals surface area contributed by atoms with Crippen molar-refractivity contribution in [1.29, 1.82) is 0 Å². The third-order valence-electron chi connectivity index (χ3n) is 2.33. The number of esters is 1. The van der Waals surface area contributed by atoms with Crippen LogP contribution in [-0.2, 0) is 9.53 Å². The van der Waals surface area contributed by atoms with E-state index in [1.54, 1.807) is 6.92 Å². The highest BCUT2D eigenvalue weighted by Gasteiger charge is 2.27. The summed E-state index contributed by atoms with van der Waals surface area (Å²) in [6.45, 7) is 1.61. The number of alkyl halides is 2. The zero-order valence-corrected chi connectivity index (χ0v) is 9.72. The molecule has 0 aliphatic carbocycles. The van der Waals surface area contributed by atoms with E-state index in [-0.39, 0.29) is 17.7 Å². The molecule has 0 saturated carbocycles. The van der Waals surface area contributed by atoms with Crippen molar-refractivity contribution in [2.45, 2.75) is 25.6 Å². The molecule has 6 heteroatoms. The maximum atomic E-state index is 12.5. The van der Waals surface area contributed by atoms with Crippen LogP contribution in [0.15, 0.2) is 24.3 Å². The number of ether oxygens (including phenoxy) is 1. The topological polar surface area (TPSA) is 66.8 Å². The third-order valence-corrected chi connectivity index (χ3v) is 2.33. The second-order valence-electron chi connectivity index (χ2n) is 3.61. The fraction of sp³-hybridized carbons (Fsp3) is 0.417. The number of hydrogen-bond donors (Lipinski definition) is 2. The average Bonchev–Trinajstić information content (AvgIpc) is 2.37. The molecule has 0 fully saturated rings. The predicted octanol–water partition coefficient (Wildman–Crippen LogP) is 1.58. The maximum Gasteiger partial charge on any atom is 0.338 e. The van der Waals surface area contributed by atoms with Gasteiger partial charge in [0.25, 0.3) is 6.43 Å². The number of rotatable bonds is 5. The molecule has 2 atom stereocenters. The van der Waals surface area contributed by atoms with Crippen molar-refractivity contribution in [1.82, 2.24) is 0 Å². The van der Waals surface area contributed by atoms with Gasteiger partial charge in [0.1, 0.15) is 6.10 Å². The lowest BCUT2D eigenvalue weighted by Gasteiger charge is -2.17. The van der Waals surface area contributed by atoms with Crippen LogP contribution < -0.4 is 0 Å². The van der Waals surface area contributed by atoms with Gasteiger partial charge in [0.15, 0.2) is 6.10 Å². The number of carbonyl (C=O) groups is 1. The summed E-state index contributed by atoms with van der Waals surface area (Å²) in [7, 11) is 0. The van der Waals surface area contributed by atoms with Crippen LogP contribution in [0.25, 0.3) is 0 Å². The van der Waals surface area contributed by atoms with E-state index in [1.165, 1.54) is 18.2 Å². The molecule has 0 radical (unpaired) electrons. The molecule has 1 aromatic rings. The fourth-order valence-corrected chi connectivity index (χ4v) is 1.42. The van der Waals surface area contributed by atoms with Gasteiger partial charge < -0.3 is 14.9 Å². The van der Waals surface area contributed by atoms with E-state index >= 15 is 0 Å². The fourth-order valence-electron chi connectivity index (χ4n) is 1.42. The number of halogens is 2. The molecule has 0 amide bonds. The normalized spacial score (nSPS) is 14.3. The minimum absolute atomic E-state index is 0.0355. The summed E-state index contributed by atoms with van der Waals surface area (Å²) in [6, 6.07) is 4.90. The van der Waals surface area contributed by atoms with Gasteiger partial charge in [-0.3, -0.25) is 0 Å². The largest absolute Gasteiger partial charge is 0.464 e. The Morgan fingerprint density at radius 1 is 1.33 bits per heavy atom. The zero-order valence-electron chi connectivity index (χ0n) is 9.72. The molecule has 2 unspecified atom stereocenters. The molecule has 0 bridgehead atoms. The summed E-state index contributed by atoms with van der Waals surface area (Å²) in [6.07, 6.45) is -6.07. The zero-order chi connectivity index (χ0) is 13.7. The Bertz CT molecular complexity index is 409. The Hall–Kier alpha value is -1.53. The summed E-state index contributed by atoms with van der Waals surface area (Å²) in [5.41, 5.74) is -0.254. The van der Waals surface area contributed by atoms with Gasteiger partial charge in [-0.15, -0.1) is 0 Å². The van der Waals surface area contributed by atoms with E-state index in [4.69, 9.17) is 0 Å². The summed E-state index contributed by atoms with van der Waals surface area (Å²) in [5.74, 6) is -0.993. The van der Waals surface area contributed by atoms with Crippen molar-refractivity contribution in [3.8, 4) is 0 Å². The van der Waals surface area contributed by atoms with E-state index in [1.807, 2.05) is 0 Å². The molecule has 0 aliphatic heterocycles. The Labute approximate surface area is 103 Å². The number of carbonyl (C=O) groups excluding carboxylic acids is 1. The highest BCUT2D eigenvalue weighted by molar-refractivity contribution is 5.75. The summed E-state index contributed by atoms with van der Waals surface area (Å²) in [5, 5.41) is 19.2. The monoisotopic (exact) mass is 260 g/mol. The van der Waals surface area contributed by atoms with E-state index in [0.717, 1.165) is 6.07 Å². The van der Waals surface area contributed by atoms with Crippen LogP contribution in [0.2, 0.25) is 0 Å². The molecule has 0 heterocycles. The minimum atomic E-state index is -2.68. The van der Waals surface area contributed by atoms with Crippen molar-refractivity contribution in [3.63, 3.8) is 0 Å². The van der Waals surface area contributed by atoms with Gasteiger partial charge >= 0.3 is 5.97 Å². The number of aliphatic hydroxyl groups is 2. The molecular weight excluding hydrogens is 246 g/mol. The SMILES string of the molecule is CCOC(=O)C(O)C(O)c1cccc(C(F)F)c1. The first-order chi connectivity index (χ1) is 8.47. The van der Waals surface area contributed by atoms with Crippen LogP contribution in [0.5, 0.6) is 0 Å². The van der Waals surface area contributed by atoms with Gasteiger partial charge in [0.2, 0.25) is 0 Å². The van der Waals surface area contributed by atoms with Crippen molar-refractivity contribution >= 4 is 5.97 Å². The lowest BCUT2D eigenvalue weighted by molar-refractivity contribution is -0.159. The second kappa shape index (κ2) is 6.42. The summed E-state index contributed by atoms with van der Waals surface area (Å²) < 4.78 is 29.4. The molecule has 1 aromatic carbocycles. The Morgan fingerprint density at radius 2 is 1.94 bits per heavy atom. The molecule has 1 rings (SSSR count). The lowest BCUT2D eigenvalue weighted by atomic mass is 10.0. The predicted molar refractivity (Wildman–Crippen MR) is 59.0 cm³/mol. The molecular formula is C12H14F2O4. The summed E-state index contributed by atoms with van der Waals surface area (Å²) >= 11 is 0. The van der Waals surface area contributed by atoms with Crippen LogP contribution >= 0.6 is 0 Å². The van der Waals surface area contributed by atoms with Crippen molar-refractivity contribution in [2.75, 3.05) is 6.61 Å². The van der Waals surface area contributed by atoms with Gasteiger partial charge in [0, 0.05) is 5.56 Å². The number of hydrogen-bond acceptors (Lipinski definition) is 4. The van der Waals surface area contributed by atoms with Gasteiger partial charge in [-0.1, -0.05) is 18.2 Å². The highest BCUT2D eigenvalue weighted by atomic mass is 19.3. The van der Waals surface area contributed by atoms with Crippen LogP contribution in [0.1, 0.15) is 30.6 Å². The minimum Gasteiger partial charge on any atom is -0.464 e. The van der Waals surface area contributed by atoms with Crippen molar-refractivity contribution in [2.24, 2.45) is 0 Å². The molecule has 18 heavy (non-hydrogen) atoms. The van der Waals surface area contributed by atoms with E-state index in [0.29, 0.717) is 0 Å². The van der Waals surface area contributed by atoms with Gasteiger partial charge in [-0.25, -0.2) is 13.6 Å². The average molecular weight is 260 g/mol. The van der Waals surface area contributed by atoms with Crippen molar-refractivity contribution < 1.29 is 28.5 Å². The summed E-state index contributed by atoms with van der Waals surface area (Å²) in [4.78, 5) is 11.2. The first-order valence-electron chi connectivity index (χ1n) is 5.38. The Balaban J connectivity index is 2.86. The number of aliphatic hydroxyl groups excluding tert-OH is 2. The smallest absolute Gasteiger partial charge is 0.338 e. The van der Waals surface area contributed by atoms with Crippen molar-refractivity contribution in [3.05, 3.63) is 35.4 Å². The van der Waals surface area contributed by atoms with E-state index in [9.17, 15) is 23.8 Å². The van der Waals surface area contributed by atoms with Crippen LogP contribution in [0, 0.1) is 0 Å². The maximum absolute atomic E-state index is 12.5. The van der Waals surface area contributed by atoms with Crippen LogP contribution in [-0.4, -0.2) is 28.9 Å².